The topological polar surface area (TPSA) is 40.1 Å². The van der Waals surface area contributed by atoms with Crippen molar-refractivity contribution in [1.29, 1.82) is 0 Å². The minimum Gasteiger partial charge on any atom is -0.768 e. The van der Waals surface area contributed by atoms with Crippen LogP contribution in [-0.4, -0.2) is 8.76 Å². The van der Waals surface area contributed by atoms with Crippen LogP contribution in [-0.2, 0) is 11.1 Å². The third kappa shape index (κ3) is 1.58. The van der Waals surface area contributed by atoms with Crippen molar-refractivity contribution in [2.75, 3.05) is 0 Å². The number of rotatable bonds is 1. The maximum atomic E-state index is 10.3. The first-order valence-corrected chi connectivity index (χ1v) is 4.73. The molecule has 1 heterocycles. The van der Waals surface area contributed by atoms with E-state index in [1.165, 1.54) is 17.4 Å². The fraction of sp³-hybridized carbons (Fsp3) is 0.200. The van der Waals surface area contributed by atoms with Gasteiger partial charge in [0.1, 0.15) is 0 Å². The van der Waals surface area contributed by atoms with E-state index in [1.54, 1.807) is 6.92 Å². The van der Waals surface area contributed by atoms with E-state index in [4.69, 9.17) is 11.6 Å². The molecule has 2 nitrogen and oxygen atoms in total. The summed E-state index contributed by atoms with van der Waals surface area (Å²) in [7, 11) is 0. The molecule has 0 fully saturated rings. The summed E-state index contributed by atoms with van der Waals surface area (Å²) in [5.41, 5.74) is 0. The molecule has 1 atom stereocenters. The van der Waals surface area contributed by atoms with Gasteiger partial charge in [0.05, 0.1) is 9.23 Å². The zero-order valence-electron chi connectivity index (χ0n) is 5.09. The number of halogens is 1. The minimum atomic E-state index is -2.13. The van der Waals surface area contributed by atoms with E-state index in [9.17, 15) is 8.76 Å². The van der Waals surface area contributed by atoms with Crippen LogP contribution < -0.4 is 0 Å². The molecule has 0 N–H and O–H groups in total. The quantitative estimate of drug-likeness (QED) is 0.643. The summed E-state index contributed by atoms with van der Waals surface area (Å²) in [6.07, 6.45) is 0. The first-order valence-electron chi connectivity index (χ1n) is 2.46. The maximum absolute atomic E-state index is 10.3. The molecule has 0 saturated heterocycles. The Hall–Kier alpha value is 0.1000. The summed E-state index contributed by atoms with van der Waals surface area (Å²) in [4.78, 5) is 0.834. The Bertz CT molecular complexity index is 249. The second-order valence-electron chi connectivity index (χ2n) is 1.70. The number of hydrogen-bond donors (Lipinski definition) is 0. The Labute approximate surface area is 70.1 Å². The van der Waals surface area contributed by atoms with Gasteiger partial charge in [0, 0.05) is 4.88 Å². The lowest BCUT2D eigenvalue weighted by molar-refractivity contribution is 0.539. The molecule has 0 aromatic carbocycles. The Balaban J connectivity index is 3.10. The van der Waals surface area contributed by atoms with Crippen LogP contribution in [0.4, 0.5) is 0 Å². The summed E-state index contributed by atoms with van der Waals surface area (Å²) < 4.78 is 20.9. The molecule has 10 heavy (non-hydrogen) atoms. The van der Waals surface area contributed by atoms with E-state index in [1.807, 2.05) is 0 Å². The molecule has 1 rings (SSSR count). The van der Waals surface area contributed by atoms with Crippen LogP contribution in [0.3, 0.4) is 0 Å². The highest BCUT2D eigenvalue weighted by molar-refractivity contribution is 7.81. The second kappa shape index (κ2) is 3.00. The average molecular weight is 196 g/mol. The van der Waals surface area contributed by atoms with Crippen LogP contribution in [0.1, 0.15) is 4.88 Å². The van der Waals surface area contributed by atoms with Crippen LogP contribution in [0.5, 0.6) is 0 Å². The smallest absolute Gasteiger partial charge is 0.0789 e. The Kier molecular flexibility index (Phi) is 2.46. The van der Waals surface area contributed by atoms with E-state index < -0.39 is 11.1 Å². The predicted octanol–water partition coefficient (Wildman–Crippen LogP) is 1.95. The monoisotopic (exact) mass is 195 g/mol. The fourth-order valence-electron chi connectivity index (χ4n) is 0.516. The van der Waals surface area contributed by atoms with Gasteiger partial charge in [0.2, 0.25) is 0 Å². The summed E-state index contributed by atoms with van der Waals surface area (Å²) in [5.74, 6) is 0. The largest absolute Gasteiger partial charge is 0.768 e. The normalized spacial score (nSPS) is 13.5. The molecule has 0 amide bonds. The highest BCUT2D eigenvalue weighted by Gasteiger charge is 2.01. The highest BCUT2D eigenvalue weighted by atomic mass is 35.5. The number of thiophene rings is 1. The van der Waals surface area contributed by atoms with Crippen LogP contribution in [0.2, 0.25) is 5.02 Å². The summed E-state index contributed by atoms with van der Waals surface area (Å²) in [6, 6.07) is 1.45. The van der Waals surface area contributed by atoms with Crippen molar-refractivity contribution in [1.82, 2.24) is 0 Å². The Morgan fingerprint density at radius 1 is 1.80 bits per heavy atom. The molecule has 0 aliphatic rings. The predicted molar refractivity (Wildman–Crippen MR) is 41.3 cm³/mol. The zero-order valence-corrected chi connectivity index (χ0v) is 7.48. The SMILES string of the molecule is Cc1sc(S(=O)[O-])cc1Cl. The Morgan fingerprint density at radius 3 is 2.60 bits per heavy atom. The van der Waals surface area contributed by atoms with Gasteiger partial charge in [-0.05, 0) is 24.1 Å². The van der Waals surface area contributed by atoms with Crippen molar-refractivity contribution in [3.8, 4) is 0 Å². The maximum Gasteiger partial charge on any atom is 0.0789 e. The van der Waals surface area contributed by atoms with Crippen molar-refractivity contribution >= 4 is 34.0 Å². The molecule has 0 spiro atoms. The highest BCUT2D eigenvalue weighted by Crippen LogP contribution is 2.27. The number of aryl methyl sites for hydroxylation is 1. The van der Waals surface area contributed by atoms with Gasteiger partial charge < -0.3 is 4.55 Å². The lowest BCUT2D eigenvalue weighted by atomic mass is 10.5. The fourth-order valence-corrected chi connectivity index (χ4v) is 2.37. The van der Waals surface area contributed by atoms with Crippen LogP contribution in [0, 0.1) is 6.92 Å². The van der Waals surface area contributed by atoms with Gasteiger partial charge in [-0.25, -0.2) is 0 Å². The van der Waals surface area contributed by atoms with Gasteiger partial charge in [-0.15, -0.1) is 11.3 Å². The molecule has 56 valence electrons. The van der Waals surface area contributed by atoms with Gasteiger partial charge in [-0.2, -0.15) is 0 Å². The van der Waals surface area contributed by atoms with Crippen LogP contribution in [0.25, 0.3) is 0 Å². The lowest BCUT2D eigenvalue weighted by Crippen LogP contribution is -1.80. The van der Waals surface area contributed by atoms with E-state index >= 15 is 0 Å². The molecular formula is C5H4ClO2S2-. The van der Waals surface area contributed by atoms with Crippen molar-refractivity contribution < 1.29 is 8.76 Å². The van der Waals surface area contributed by atoms with Gasteiger partial charge in [-0.1, -0.05) is 11.6 Å². The van der Waals surface area contributed by atoms with E-state index in [0.29, 0.717) is 9.23 Å². The summed E-state index contributed by atoms with van der Waals surface area (Å²) in [6.45, 7) is 1.78. The third-order valence-electron chi connectivity index (χ3n) is 0.999. The third-order valence-corrected chi connectivity index (χ3v) is 3.45. The van der Waals surface area contributed by atoms with E-state index in [-0.39, 0.29) is 0 Å². The van der Waals surface area contributed by atoms with Gasteiger partial charge in [0.25, 0.3) is 0 Å². The van der Waals surface area contributed by atoms with E-state index in [2.05, 4.69) is 0 Å². The first-order chi connectivity index (χ1) is 4.61. The minimum absolute atomic E-state index is 0.294. The lowest BCUT2D eigenvalue weighted by Gasteiger charge is -1.97. The van der Waals surface area contributed by atoms with Gasteiger partial charge >= 0.3 is 0 Å². The second-order valence-corrected chi connectivity index (χ2v) is 4.54. The molecule has 0 aliphatic carbocycles. The molecule has 0 aliphatic heterocycles. The van der Waals surface area contributed by atoms with Gasteiger partial charge in [0.15, 0.2) is 0 Å². The van der Waals surface area contributed by atoms with Crippen molar-refractivity contribution in [2.45, 2.75) is 11.1 Å². The van der Waals surface area contributed by atoms with Crippen LogP contribution >= 0.6 is 22.9 Å². The molecule has 0 bridgehead atoms. The van der Waals surface area contributed by atoms with E-state index in [0.717, 1.165) is 4.88 Å². The number of hydrogen-bond acceptors (Lipinski definition) is 3. The molecule has 1 unspecified atom stereocenters. The molecule has 0 radical (unpaired) electrons. The van der Waals surface area contributed by atoms with Gasteiger partial charge in [-0.3, -0.25) is 4.21 Å². The molecule has 5 heteroatoms. The summed E-state index contributed by atoms with van der Waals surface area (Å²) >= 11 is 4.65. The Morgan fingerprint density at radius 2 is 2.40 bits per heavy atom. The molecular weight excluding hydrogens is 192 g/mol. The standard InChI is InChI=1S/C5H5ClO2S2/c1-3-4(6)2-5(9-3)10(7)8/h2H,1H3,(H,7,8)/p-1. The van der Waals surface area contributed by atoms with Crippen molar-refractivity contribution in [3.63, 3.8) is 0 Å². The average Bonchev–Trinajstić information content (AvgIpc) is 2.13. The van der Waals surface area contributed by atoms with Crippen molar-refractivity contribution in [2.24, 2.45) is 0 Å². The first kappa shape index (κ1) is 8.20. The van der Waals surface area contributed by atoms with Crippen LogP contribution in [0.15, 0.2) is 10.3 Å². The summed E-state index contributed by atoms with van der Waals surface area (Å²) in [5, 5.41) is 0.518. The molecule has 0 saturated carbocycles. The molecule has 1 aromatic heterocycles. The van der Waals surface area contributed by atoms with Crippen molar-refractivity contribution in [3.05, 3.63) is 16.0 Å². The molecule has 1 aromatic rings. The zero-order chi connectivity index (χ0) is 7.72.